The summed E-state index contributed by atoms with van der Waals surface area (Å²) >= 11 is 5.64. The van der Waals surface area contributed by atoms with Crippen LogP contribution in [-0.2, 0) is 6.54 Å². The number of carbonyl (C=O) groups is 1. The molecule has 0 saturated heterocycles. The monoisotopic (exact) mass is 290 g/mol. The van der Waals surface area contributed by atoms with Crippen molar-refractivity contribution in [2.24, 2.45) is 0 Å². The summed E-state index contributed by atoms with van der Waals surface area (Å²) in [6, 6.07) is 10.8. The Balaban J connectivity index is 2.09. The maximum absolute atomic E-state index is 12.0. The second kappa shape index (κ2) is 6.45. The van der Waals surface area contributed by atoms with Gasteiger partial charge in [0.2, 0.25) is 0 Å². The van der Waals surface area contributed by atoms with Crippen LogP contribution in [-0.4, -0.2) is 35.1 Å². The first kappa shape index (κ1) is 14.4. The van der Waals surface area contributed by atoms with E-state index in [0.29, 0.717) is 0 Å². The van der Waals surface area contributed by atoms with Crippen molar-refractivity contribution >= 4 is 23.2 Å². The molecule has 0 radical (unpaired) electrons. The Morgan fingerprint density at radius 2 is 2.05 bits per heavy atom. The molecule has 0 aliphatic rings. The van der Waals surface area contributed by atoms with Crippen LogP contribution in [0.4, 0.5) is 5.69 Å². The van der Waals surface area contributed by atoms with Crippen molar-refractivity contribution in [3.8, 4) is 0 Å². The summed E-state index contributed by atoms with van der Waals surface area (Å²) in [5.41, 5.74) is 2.08. The SMILES string of the molecule is CN(C)Cc1cccc(NC(=O)c2ccc(Cl)nn2)c1. The third-order valence-corrected chi connectivity index (χ3v) is 2.75. The lowest BCUT2D eigenvalue weighted by atomic mass is 10.2. The summed E-state index contributed by atoms with van der Waals surface area (Å²) in [7, 11) is 3.99. The topological polar surface area (TPSA) is 58.1 Å². The third kappa shape index (κ3) is 4.01. The number of nitrogens with zero attached hydrogens (tertiary/aromatic N) is 3. The summed E-state index contributed by atoms with van der Waals surface area (Å²) in [5, 5.41) is 10.4. The molecule has 2 rings (SSSR count). The standard InChI is InChI=1S/C14H15ClN4O/c1-19(2)9-10-4-3-5-11(8-10)16-14(20)12-6-7-13(15)18-17-12/h3-8H,9H2,1-2H3,(H,16,20). The van der Waals surface area contributed by atoms with Crippen molar-refractivity contribution in [3.63, 3.8) is 0 Å². The lowest BCUT2D eigenvalue weighted by molar-refractivity contribution is 0.102. The lowest BCUT2D eigenvalue weighted by Crippen LogP contribution is -2.15. The van der Waals surface area contributed by atoms with Crippen molar-refractivity contribution in [1.82, 2.24) is 15.1 Å². The average Bonchev–Trinajstić information content (AvgIpc) is 2.39. The van der Waals surface area contributed by atoms with Gasteiger partial charge in [0, 0.05) is 12.2 Å². The second-order valence-electron chi connectivity index (χ2n) is 4.63. The molecule has 5 nitrogen and oxygen atoms in total. The number of benzene rings is 1. The van der Waals surface area contributed by atoms with Crippen molar-refractivity contribution in [1.29, 1.82) is 0 Å². The Morgan fingerprint density at radius 1 is 1.25 bits per heavy atom. The Bertz CT molecular complexity index is 598. The molecule has 1 aromatic carbocycles. The van der Waals surface area contributed by atoms with Crippen molar-refractivity contribution < 1.29 is 4.79 Å². The Hall–Kier alpha value is -1.98. The average molecular weight is 291 g/mol. The lowest BCUT2D eigenvalue weighted by Gasteiger charge is -2.11. The number of hydrogen-bond donors (Lipinski definition) is 1. The first-order valence-electron chi connectivity index (χ1n) is 6.09. The van der Waals surface area contributed by atoms with Gasteiger partial charge in [-0.25, -0.2) is 0 Å². The van der Waals surface area contributed by atoms with Gasteiger partial charge >= 0.3 is 0 Å². The number of aromatic nitrogens is 2. The van der Waals surface area contributed by atoms with Gasteiger partial charge in [0.15, 0.2) is 10.8 Å². The van der Waals surface area contributed by atoms with Crippen LogP contribution >= 0.6 is 11.6 Å². The fraction of sp³-hybridized carbons (Fsp3) is 0.214. The van der Waals surface area contributed by atoms with Gasteiger partial charge in [-0.1, -0.05) is 23.7 Å². The maximum atomic E-state index is 12.0. The molecule has 104 valence electrons. The van der Waals surface area contributed by atoms with Crippen LogP contribution in [0, 0.1) is 0 Å². The number of nitrogens with one attached hydrogen (secondary N) is 1. The van der Waals surface area contributed by atoms with Crippen molar-refractivity contribution in [2.45, 2.75) is 6.54 Å². The molecule has 1 aromatic heterocycles. The quantitative estimate of drug-likeness (QED) is 0.940. The number of halogens is 1. The van der Waals surface area contributed by atoms with Gasteiger partial charge in [0.05, 0.1) is 0 Å². The Morgan fingerprint density at radius 3 is 2.70 bits per heavy atom. The molecule has 1 N–H and O–H groups in total. The van der Waals surface area contributed by atoms with Crippen LogP contribution in [0.1, 0.15) is 16.1 Å². The van der Waals surface area contributed by atoms with E-state index in [1.54, 1.807) is 0 Å². The van der Waals surface area contributed by atoms with Crippen LogP contribution in [0.15, 0.2) is 36.4 Å². The number of anilines is 1. The molecule has 0 atom stereocenters. The highest BCUT2D eigenvalue weighted by Crippen LogP contribution is 2.13. The Labute approximate surface area is 122 Å². The molecule has 0 aliphatic heterocycles. The van der Waals surface area contributed by atoms with Crippen molar-refractivity contribution in [2.75, 3.05) is 19.4 Å². The minimum Gasteiger partial charge on any atom is -0.321 e. The van der Waals surface area contributed by atoms with Crippen LogP contribution in [0.25, 0.3) is 0 Å². The number of hydrogen-bond acceptors (Lipinski definition) is 4. The van der Waals surface area contributed by atoms with Gasteiger partial charge < -0.3 is 10.2 Å². The first-order valence-corrected chi connectivity index (χ1v) is 6.46. The van der Waals surface area contributed by atoms with Gasteiger partial charge in [-0.05, 0) is 43.9 Å². The smallest absolute Gasteiger partial charge is 0.276 e. The molecular formula is C14H15ClN4O. The van der Waals surface area contributed by atoms with Gasteiger partial charge in [0.25, 0.3) is 5.91 Å². The fourth-order valence-electron chi connectivity index (χ4n) is 1.74. The van der Waals surface area contributed by atoms with E-state index in [1.165, 1.54) is 12.1 Å². The van der Waals surface area contributed by atoms with Crippen LogP contribution < -0.4 is 5.32 Å². The summed E-state index contributed by atoms with van der Waals surface area (Å²) in [5.74, 6) is -0.309. The zero-order chi connectivity index (χ0) is 14.5. The predicted molar refractivity (Wildman–Crippen MR) is 78.8 cm³/mol. The number of carbonyl (C=O) groups excluding carboxylic acids is 1. The van der Waals surface area contributed by atoms with E-state index in [4.69, 9.17) is 11.6 Å². The highest BCUT2D eigenvalue weighted by molar-refractivity contribution is 6.29. The largest absolute Gasteiger partial charge is 0.321 e. The molecular weight excluding hydrogens is 276 g/mol. The minimum atomic E-state index is -0.309. The normalized spacial score (nSPS) is 10.6. The summed E-state index contributed by atoms with van der Waals surface area (Å²) in [6.45, 7) is 0.810. The van der Waals surface area contributed by atoms with E-state index in [9.17, 15) is 4.79 Å². The van der Waals surface area contributed by atoms with Crippen LogP contribution in [0.2, 0.25) is 5.15 Å². The summed E-state index contributed by atoms with van der Waals surface area (Å²) in [6.07, 6.45) is 0. The first-order chi connectivity index (χ1) is 9.54. The van der Waals surface area contributed by atoms with E-state index in [2.05, 4.69) is 20.4 Å². The molecule has 0 unspecified atom stereocenters. The fourth-order valence-corrected chi connectivity index (χ4v) is 1.85. The zero-order valence-electron chi connectivity index (χ0n) is 11.3. The highest BCUT2D eigenvalue weighted by atomic mass is 35.5. The van der Waals surface area contributed by atoms with Crippen LogP contribution in [0.3, 0.4) is 0 Å². The molecule has 0 fully saturated rings. The van der Waals surface area contributed by atoms with E-state index in [0.717, 1.165) is 17.8 Å². The molecule has 1 heterocycles. The summed E-state index contributed by atoms with van der Waals surface area (Å²) in [4.78, 5) is 14.1. The second-order valence-corrected chi connectivity index (χ2v) is 5.02. The highest BCUT2D eigenvalue weighted by Gasteiger charge is 2.08. The number of rotatable bonds is 4. The Kier molecular flexibility index (Phi) is 4.65. The van der Waals surface area contributed by atoms with E-state index < -0.39 is 0 Å². The van der Waals surface area contributed by atoms with E-state index >= 15 is 0 Å². The van der Waals surface area contributed by atoms with Gasteiger partial charge in [0.1, 0.15) is 0 Å². The van der Waals surface area contributed by atoms with Crippen LogP contribution in [0.5, 0.6) is 0 Å². The van der Waals surface area contributed by atoms with Gasteiger partial charge in [-0.3, -0.25) is 4.79 Å². The third-order valence-electron chi connectivity index (χ3n) is 2.55. The van der Waals surface area contributed by atoms with Gasteiger partial charge in [-0.15, -0.1) is 10.2 Å². The minimum absolute atomic E-state index is 0.229. The molecule has 20 heavy (non-hydrogen) atoms. The van der Waals surface area contributed by atoms with Crippen molar-refractivity contribution in [3.05, 3.63) is 52.8 Å². The molecule has 0 saturated carbocycles. The molecule has 0 spiro atoms. The van der Waals surface area contributed by atoms with E-state index in [1.807, 2.05) is 38.4 Å². The molecule has 2 aromatic rings. The predicted octanol–water partition coefficient (Wildman–Crippen LogP) is 2.44. The molecule has 1 amide bonds. The number of amides is 1. The maximum Gasteiger partial charge on any atom is 0.276 e. The summed E-state index contributed by atoms with van der Waals surface area (Å²) < 4.78 is 0. The molecule has 6 heteroatoms. The molecule has 0 aliphatic carbocycles. The van der Waals surface area contributed by atoms with E-state index in [-0.39, 0.29) is 16.8 Å². The molecule has 0 bridgehead atoms. The van der Waals surface area contributed by atoms with Gasteiger partial charge in [-0.2, -0.15) is 0 Å². The zero-order valence-corrected chi connectivity index (χ0v) is 12.1.